The summed E-state index contributed by atoms with van der Waals surface area (Å²) in [5, 5.41) is 0. The maximum atomic E-state index is 5.63. The monoisotopic (exact) mass is 278 g/mol. The van der Waals surface area contributed by atoms with Gasteiger partial charge in [0.05, 0.1) is 6.10 Å². The average molecular weight is 279 g/mol. The number of thioether (sulfide) groups is 1. The first-order valence-electron chi connectivity index (χ1n) is 5.69. The van der Waals surface area contributed by atoms with E-state index in [4.69, 9.17) is 4.74 Å². The number of halogens is 1. The van der Waals surface area contributed by atoms with Crippen molar-refractivity contribution in [3.05, 3.63) is 0 Å². The van der Waals surface area contributed by atoms with Crippen LogP contribution in [0.5, 0.6) is 0 Å². The summed E-state index contributed by atoms with van der Waals surface area (Å²) in [7, 11) is 0. The fourth-order valence-corrected chi connectivity index (χ4v) is 4.91. The molecule has 0 aromatic heterocycles. The van der Waals surface area contributed by atoms with Crippen molar-refractivity contribution in [2.75, 3.05) is 18.1 Å². The van der Waals surface area contributed by atoms with E-state index < -0.39 is 0 Å². The van der Waals surface area contributed by atoms with Crippen LogP contribution < -0.4 is 0 Å². The standard InChI is InChI=1S/C11H19BrOS/c12-11-8-14-7-9(11)3-1-4-10-5-2-6-13-10/h9-11H,1-8H2. The summed E-state index contributed by atoms with van der Waals surface area (Å²) in [6, 6.07) is 0. The smallest absolute Gasteiger partial charge is 0.0576 e. The lowest BCUT2D eigenvalue weighted by Crippen LogP contribution is -2.12. The molecule has 82 valence electrons. The molecular formula is C11H19BrOS. The zero-order chi connectivity index (χ0) is 9.80. The molecule has 2 aliphatic rings. The van der Waals surface area contributed by atoms with E-state index in [1.54, 1.807) is 0 Å². The molecule has 0 radical (unpaired) electrons. The summed E-state index contributed by atoms with van der Waals surface area (Å²) in [6.45, 7) is 1.00. The van der Waals surface area contributed by atoms with Crippen molar-refractivity contribution in [2.45, 2.75) is 43.0 Å². The van der Waals surface area contributed by atoms with Crippen molar-refractivity contribution in [3.63, 3.8) is 0 Å². The molecule has 0 aromatic rings. The van der Waals surface area contributed by atoms with Gasteiger partial charge in [0.15, 0.2) is 0 Å². The Hall–Kier alpha value is 0.790. The Labute approximate surface area is 99.5 Å². The molecular weight excluding hydrogens is 260 g/mol. The van der Waals surface area contributed by atoms with Gasteiger partial charge < -0.3 is 4.74 Å². The molecule has 0 spiro atoms. The van der Waals surface area contributed by atoms with Crippen molar-refractivity contribution >= 4 is 27.7 Å². The Morgan fingerprint density at radius 1 is 1.29 bits per heavy atom. The summed E-state index contributed by atoms with van der Waals surface area (Å²) in [5.41, 5.74) is 0. The molecule has 3 heteroatoms. The SMILES string of the molecule is BrC1CSCC1CCCC1CCCO1. The lowest BCUT2D eigenvalue weighted by atomic mass is 9.99. The van der Waals surface area contributed by atoms with E-state index in [1.165, 1.54) is 43.6 Å². The van der Waals surface area contributed by atoms with Gasteiger partial charge in [0.25, 0.3) is 0 Å². The summed E-state index contributed by atoms with van der Waals surface area (Å²) in [5.74, 6) is 3.59. The van der Waals surface area contributed by atoms with Gasteiger partial charge in [-0.3, -0.25) is 0 Å². The van der Waals surface area contributed by atoms with Crippen molar-refractivity contribution in [1.29, 1.82) is 0 Å². The van der Waals surface area contributed by atoms with Gasteiger partial charge in [-0.25, -0.2) is 0 Å². The molecule has 2 aliphatic heterocycles. The van der Waals surface area contributed by atoms with Crippen LogP contribution in [0.3, 0.4) is 0 Å². The van der Waals surface area contributed by atoms with Gasteiger partial charge in [-0.05, 0) is 37.4 Å². The maximum absolute atomic E-state index is 5.63. The molecule has 0 aromatic carbocycles. The lowest BCUT2D eigenvalue weighted by Gasteiger charge is -2.14. The molecule has 2 saturated heterocycles. The second-order valence-corrected chi connectivity index (χ2v) is 6.63. The number of hydrogen-bond acceptors (Lipinski definition) is 2. The van der Waals surface area contributed by atoms with Crippen molar-refractivity contribution in [3.8, 4) is 0 Å². The molecule has 2 heterocycles. The van der Waals surface area contributed by atoms with E-state index in [-0.39, 0.29) is 0 Å². The Balaban J connectivity index is 1.57. The molecule has 14 heavy (non-hydrogen) atoms. The first-order valence-corrected chi connectivity index (χ1v) is 7.76. The minimum absolute atomic E-state index is 0.595. The largest absolute Gasteiger partial charge is 0.378 e. The van der Waals surface area contributed by atoms with Gasteiger partial charge in [-0.2, -0.15) is 11.8 Å². The van der Waals surface area contributed by atoms with Crippen LogP contribution >= 0.6 is 27.7 Å². The molecule has 0 amide bonds. The molecule has 3 unspecified atom stereocenters. The highest BCUT2D eigenvalue weighted by molar-refractivity contribution is 9.09. The number of rotatable bonds is 4. The van der Waals surface area contributed by atoms with Crippen LogP contribution in [-0.2, 0) is 4.74 Å². The minimum atomic E-state index is 0.595. The molecule has 0 bridgehead atoms. The predicted octanol–water partition coefficient (Wildman–Crippen LogP) is 3.46. The lowest BCUT2D eigenvalue weighted by molar-refractivity contribution is 0.101. The first-order chi connectivity index (χ1) is 6.86. The minimum Gasteiger partial charge on any atom is -0.378 e. The number of hydrogen-bond donors (Lipinski definition) is 0. The highest BCUT2D eigenvalue weighted by Gasteiger charge is 2.25. The van der Waals surface area contributed by atoms with E-state index in [1.807, 2.05) is 0 Å². The third-order valence-electron chi connectivity index (χ3n) is 3.25. The second kappa shape index (κ2) is 5.76. The fourth-order valence-electron chi connectivity index (χ4n) is 2.32. The van der Waals surface area contributed by atoms with Crippen LogP contribution in [0.25, 0.3) is 0 Å². The quantitative estimate of drug-likeness (QED) is 0.729. The predicted molar refractivity (Wildman–Crippen MR) is 66.4 cm³/mol. The Morgan fingerprint density at radius 3 is 2.86 bits per heavy atom. The average Bonchev–Trinajstić information content (AvgIpc) is 2.78. The number of ether oxygens (including phenoxy) is 1. The fraction of sp³-hybridized carbons (Fsp3) is 1.00. The van der Waals surface area contributed by atoms with Crippen LogP contribution in [0.4, 0.5) is 0 Å². The van der Waals surface area contributed by atoms with Crippen molar-refractivity contribution < 1.29 is 4.74 Å². The molecule has 3 atom stereocenters. The van der Waals surface area contributed by atoms with Gasteiger partial charge in [0.2, 0.25) is 0 Å². The Morgan fingerprint density at radius 2 is 2.21 bits per heavy atom. The highest BCUT2D eigenvalue weighted by atomic mass is 79.9. The Bertz CT molecular complexity index is 171. The van der Waals surface area contributed by atoms with Crippen LogP contribution in [0.2, 0.25) is 0 Å². The van der Waals surface area contributed by atoms with Crippen LogP contribution in [-0.4, -0.2) is 29.0 Å². The van der Waals surface area contributed by atoms with Gasteiger partial charge in [0, 0.05) is 17.2 Å². The second-order valence-electron chi connectivity index (χ2n) is 4.38. The molecule has 2 fully saturated rings. The van der Waals surface area contributed by atoms with Crippen molar-refractivity contribution in [1.82, 2.24) is 0 Å². The van der Waals surface area contributed by atoms with Gasteiger partial charge >= 0.3 is 0 Å². The van der Waals surface area contributed by atoms with E-state index in [0.29, 0.717) is 6.10 Å². The van der Waals surface area contributed by atoms with Gasteiger partial charge in [0.1, 0.15) is 0 Å². The molecule has 0 N–H and O–H groups in total. The van der Waals surface area contributed by atoms with E-state index in [9.17, 15) is 0 Å². The van der Waals surface area contributed by atoms with Crippen LogP contribution in [0, 0.1) is 5.92 Å². The van der Waals surface area contributed by atoms with Crippen molar-refractivity contribution in [2.24, 2.45) is 5.92 Å². The summed E-state index contributed by atoms with van der Waals surface area (Å²) in [4.78, 5) is 0.775. The van der Waals surface area contributed by atoms with E-state index >= 15 is 0 Å². The maximum Gasteiger partial charge on any atom is 0.0576 e. The summed E-state index contributed by atoms with van der Waals surface area (Å²) < 4.78 is 5.63. The van der Waals surface area contributed by atoms with Crippen LogP contribution in [0.1, 0.15) is 32.1 Å². The first kappa shape index (κ1) is 11.3. The summed E-state index contributed by atoms with van der Waals surface area (Å²) >= 11 is 5.86. The normalized spacial score (nSPS) is 37.9. The molecule has 0 aliphatic carbocycles. The zero-order valence-electron chi connectivity index (χ0n) is 8.58. The molecule has 0 saturated carbocycles. The number of alkyl halides is 1. The third kappa shape index (κ3) is 3.14. The zero-order valence-corrected chi connectivity index (χ0v) is 11.0. The topological polar surface area (TPSA) is 9.23 Å². The van der Waals surface area contributed by atoms with E-state index in [2.05, 4.69) is 27.7 Å². The molecule has 2 rings (SSSR count). The van der Waals surface area contributed by atoms with Crippen LogP contribution in [0.15, 0.2) is 0 Å². The van der Waals surface area contributed by atoms with Gasteiger partial charge in [-0.15, -0.1) is 0 Å². The molecule has 1 nitrogen and oxygen atoms in total. The highest BCUT2D eigenvalue weighted by Crippen LogP contribution is 2.33. The third-order valence-corrected chi connectivity index (χ3v) is 6.00. The van der Waals surface area contributed by atoms with E-state index in [0.717, 1.165) is 17.4 Å². The summed E-state index contributed by atoms with van der Waals surface area (Å²) in [6.07, 6.45) is 7.22. The van der Waals surface area contributed by atoms with Gasteiger partial charge in [-0.1, -0.05) is 22.4 Å². The Kier molecular flexibility index (Phi) is 4.64.